The summed E-state index contributed by atoms with van der Waals surface area (Å²) in [5, 5.41) is 15.2. The average molecular weight is 559 g/mol. The monoisotopic (exact) mass is 558 g/mol. The number of anilines is 1. The smallest absolute Gasteiger partial charge is 0.387 e. The molecule has 3 atom stereocenters. The molecule has 0 aliphatic carbocycles. The van der Waals surface area contributed by atoms with Crippen LogP contribution >= 0.6 is 0 Å². The minimum Gasteiger partial charge on any atom is -0.435 e. The van der Waals surface area contributed by atoms with Gasteiger partial charge in [0, 0.05) is 6.42 Å². The number of aryl methyl sites for hydroxylation is 1. The van der Waals surface area contributed by atoms with E-state index in [1.165, 1.54) is 22.2 Å². The first-order valence-electron chi connectivity index (χ1n) is 12.9. The van der Waals surface area contributed by atoms with Crippen molar-refractivity contribution in [1.82, 2.24) is 10.0 Å². The zero-order valence-electron chi connectivity index (χ0n) is 21.8. The van der Waals surface area contributed by atoms with Crippen molar-refractivity contribution in [1.29, 1.82) is 0 Å². The second-order valence-corrected chi connectivity index (χ2v) is 9.86. The van der Waals surface area contributed by atoms with Gasteiger partial charge in [-0.1, -0.05) is 53.3 Å². The molecule has 3 aliphatic rings. The first-order chi connectivity index (χ1) is 19.8. The lowest BCUT2D eigenvalue weighted by molar-refractivity contribution is -0.135. The molecular formula is C29H24F2N6O4. The van der Waals surface area contributed by atoms with Gasteiger partial charge < -0.3 is 4.74 Å². The van der Waals surface area contributed by atoms with Crippen LogP contribution in [0.25, 0.3) is 0 Å². The van der Waals surface area contributed by atoms with Gasteiger partial charge in [0.2, 0.25) is 0 Å². The van der Waals surface area contributed by atoms with Crippen LogP contribution < -0.4 is 9.64 Å². The summed E-state index contributed by atoms with van der Waals surface area (Å²) in [4.78, 5) is 41.1. The zero-order valence-corrected chi connectivity index (χ0v) is 21.8. The Bertz CT molecular complexity index is 1550. The van der Waals surface area contributed by atoms with Gasteiger partial charge in [0.05, 0.1) is 17.4 Å². The number of hydrogen-bond donors (Lipinski definition) is 0. The van der Waals surface area contributed by atoms with E-state index in [4.69, 9.17) is 0 Å². The van der Waals surface area contributed by atoms with E-state index in [-0.39, 0.29) is 12.3 Å². The highest BCUT2D eigenvalue weighted by atomic mass is 19.3. The third kappa shape index (κ3) is 4.92. The van der Waals surface area contributed by atoms with Crippen LogP contribution in [0.4, 0.5) is 14.5 Å². The quantitative estimate of drug-likeness (QED) is 0.403. The Kier molecular flexibility index (Phi) is 6.73. The predicted octanol–water partition coefficient (Wildman–Crippen LogP) is 4.27. The highest BCUT2D eigenvalue weighted by Crippen LogP contribution is 2.35. The molecule has 3 aromatic carbocycles. The maximum Gasteiger partial charge on any atom is 0.387 e. The number of hydrazone groups is 1. The third-order valence-corrected chi connectivity index (χ3v) is 7.21. The molecule has 3 amide bonds. The van der Waals surface area contributed by atoms with Gasteiger partial charge >= 0.3 is 6.61 Å². The van der Waals surface area contributed by atoms with E-state index >= 15 is 0 Å². The standard InChI is InChI=1S/C29H24F2N6O4/c1-17-7-11-20(12-8-17)36-27(39)25-26(28(36)40)35(34-32-25)16-24(38)37-23(19-5-3-2-4-6-19)15-22(33-37)18-9-13-21(14-10-18)41-29(30)31/h2-14,23,25-26,29H,15-16H2,1H3/t23-,25+,26+/m0/s1. The number of amides is 3. The Hall–Kier alpha value is -5.00. The molecule has 0 spiro atoms. The highest BCUT2D eigenvalue weighted by molar-refractivity contribution is 6.25. The van der Waals surface area contributed by atoms with Gasteiger partial charge in [-0.25, -0.2) is 9.91 Å². The molecule has 3 aromatic rings. The molecule has 3 heterocycles. The molecule has 208 valence electrons. The molecule has 0 aromatic heterocycles. The van der Waals surface area contributed by atoms with Crippen LogP contribution in [0.2, 0.25) is 0 Å². The Balaban J connectivity index is 1.23. The van der Waals surface area contributed by atoms with Gasteiger partial charge in [-0.2, -0.15) is 19.0 Å². The minimum atomic E-state index is -2.94. The van der Waals surface area contributed by atoms with Gasteiger partial charge in [-0.15, -0.1) is 0 Å². The molecular weight excluding hydrogens is 534 g/mol. The van der Waals surface area contributed by atoms with Gasteiger partial charge in [0.1, 0.15) is 12.3 Å². The van der Waals surface area contributed by atoms with Crippen molar-refractivity contribution in [3.63, 3.8) is 0 Å². The van der Waals surface area contributed by atoms with E-state index in [2.05, 4.69) is 20.2 Å². The number of fused-ring (bicyclic) bond motifs is 1. The van der Waals surface area contributed by atoms with E-state index in [9.17, 15) is 23.2 Å². The highest BCUT2D eigenvalue weighted by Gasteiger charge is 2.55. The first kappa shape index (κ1) is 26.2. The Morgan fingerprint density at radius 3 is 2.37 bits per heavy atom. The molecule has 6 rings (SSSR count). The molecule has 41 heavy (non-hydrogen) atoms. The lowest BCUT2D eigenvalue weighted by Crippen LogP contribution is -2.44. The van der Waals surface area contributed by atoms with Crippen LogP contribution in [0.5, 0.6) is 5.75 Å². The van der Waals surface area contributed by atoms with Crippen molar-refractivity contribution in [2.75, 3.05) is 11.4 Å². The third-order valence-electron chi connectivity index (χ3n) is 7.21. The summed E-state index contributed by atoms with van der Waals surface area (Å²) in [7, 11) is 0. The zero-order chi connectivity index (χ0) is 28.7. The molecule has 12 heteroatoms. The van der Waals surface area contributed by atoms with E-state index in [0.29, 0.717) is 23.4 Å². The topological polar surface area (TPSA) is 107 Å². The van der Waals surface area contributed by atoms with Crippen molar-refractivity contribution in [3.8, 4) is 5.75 Å². The molecule has 1 fully saturated rings. The van der Waals surface area contributed by atoms with Gasteiger partial charge in [0.25, 0.3) is 17.7 Å². The van der Waals surface area contributed by atoms with Crippen molar-refractivity contribution in [3.05, 3.63) is 95.6 Å². The number of nitrogens with zero attached hydrogens (tertiary/aromatic N) is 6. The summed E-state index contributed by atoms with van der Waals surface area (Å²) in [6.45, 7) is -1.36. The van der Waals surface area contributed by atoms with E-state index < -0.39 is 42.5 Å². The number of halogens is 2. The number of alkyl halides is 2. The van der Waals surface area contributed by atoms with E-state index in [1.807, 2.05) is 37.3 Å². The molecule has 0 radical (unpaired) electrons. The number of hydrogen-bond acceptors (Lipinski definition) is 8. The second-order valence-electron chi connectivity index (χ2n) is 9.86. The van der Waals surface area contributed by atoms with Crippen molar-refractivity contribution in [2.45, 2.75) is 38.1 Å². The minimum absolute atomic E-state index is 0.0132. The molecule has 3 aliphatic heterocycles. The average Bonchev–Trinajstić information content (AvgIpc) is 3.65. The van der Waals surface area contributed by atoms with Crippen molar-refractivity contribution in [2.24, 2.45) is 15.4 Å². The molecule has 0 saturated carbocycles. The Labute approximate surface area is 233 Å². The van der Waals surface area contributed by atoms with Crippen LogP contribution in [0.1, 0.15) is 29.2 Å². The predicted molar refractivity (Wildman–Crippen MR) is 143 cm³/mol. The number of benzene rings is 3. The SMILES string of the molecule is Cc1ccc(N2C(=O)[C@@H]3N=NN(CC(=O)N4N=C(c5ccc(OC(F)F)cc5)C[C@H]4c4ccccc4)[C@H]3C2=O)cc1. The van der Waals surface area contributed by atoms with Crippen molar-refractivity contribution < 1.29 is 27.9 Å². The number of carbonyl (C=O) groups is 3. The van der Waals surface area contributed by atoms with Crippen LogP contribution in [0.3, 0.4) is 0 Å². The fourth-order valence-electron chi connectivity index (χ4n) is 5.19. The lowest BCUT2D eigenvalue weighted by atomic mass is 9.98. The summed E-state index contributed by atoms with van der Waals surface area (Å²) in [5.41, 5.74) is 3.49. The van der Waals surface area contributed by atoms with Crippen molar-refractivity contribution >= 4 is 29.1 Å². The fraction of sp³-hybridized carbons (Fsp3) is 0.241. The second kappa shape index (κ2) is 10.5. The van der Waals surface area contributed by atoms with E-state index in [1.54, 1.807) is 36.4 Å². The summed E-state index contributed by atoms with van der Waals surface area (Å²) < 4.78 is 29.6. The van der Waals surface area contributed by atoms with Gasteiger partial charge in [-0.05, 0) is 54.4 Å². The Morgan fingerprint density at radius 1 is 0.976 bits per heavy atom. The summed E-state index contributed by atoms with van der Waals surface area (Å²) in [6, 6.07) is 19.9. The van der Waals surface area contributed by atoms with Crippen LogP contribution in [-0.4, -0.2) is 58.7 Å². The van der Waals surface area contributed by atoms with Gasteiger partial charge in [0.15, 0.2) is 12.1 Å². The summed E-state index contributed by atoms with van der Waals surface area (Å²) in [6.07, 6.45) is 0.372. The Morgan fingerprint density at radius 2 is 1.68 bits per heavy atom. The first-order valence-corrected chi connectivity index (χ1v) is 12.9. The number of ether oxygens (including phenoxy) is 1. The molecule has 0 bridgehead atoms. The number of imide groups is 1. The molecule has 0 N–H and O–H groups in total. The lowest BCUT2D eigenvalue weighted by Gasteiger charge is -2.25. The molecule has 1 saturated heterocycles. The maximum absolute atomic E-state index is 13.7. The van der Waals surface area contributed by atoms with E-state index in [0.717, 1.165) is 16.0 Å². The van der Waals surface area contributed by atoms with Crippen LogP contribution in [0, 0.1) is 6.92 Å². The number of carbonyl (C=O) groups excluding carboxylic acids is 3. The van der Waals surface area contributed by atoms with Crippen LogP contribution in [0.15, 0.2) is 94.3 Å². The van der Waals surface area contributed by atoms with Gasteiger partial charge in [-0.3, -0.25) is 19.4 Å². The molecule has 0 unspecified atom stereocenters. The molecule has 10 nitrogen and oxygen atoms in total. The van der Waals surface area contributed by atoms with Crippen LogP contribution in [-0.2, 0) is 14.4 Å². The summed E-state index contributed by atoms with van der Waals surface area (Å²) >= 11 is 0. The normalized spacial score (nSPS) is 21.6. The largest absolute Gasteiger partial charge is 0.435 e. The fourth-order valence-corrected chi connectivity index (χ4v) is 5.19. The maximum atomic E-state index is 13.7. The summed E-state index contributed by atoms with van der Waals surface area (Å²) in [5.74, 6) is -1.43. The number of rotatable bonds is 7.